The van der Waals surface area contributed by atoms with Gasteiger partial charge in [0.25, 0.3) is 0 Å². The first-order valence-corrected chi connectivity index (χ1v) is 6.13. The number of aliphatic hydroxyl groups excluding tert-OH is 3. The SMILES string of the molecule is CC(C)(CO)C(O)C(=O)NCCCO.[O]=[Zn]. The van der Waals surface area contributed by atoms with Crippen LogP contribution in [0.1, 0.15) is 20.3 Å². The molecule has 1 atom stereocenters. The van der Waals surface area contributed by atoms with Crippen molar-refractivity contribution in [3.8, 4) is 0 Å². The molecule has 0 aromatic carbocycles. The summed E-state index contributed by atoms with van der Waals surface area (Å²) in [6.07, 6.45) is -0.774. The number of hydrogen-bond donors (Lipinski definition) is 4. The summed E-state index contributed by atoms with van der Waals surface area (Å²) in [4.78, 5) is 11.3. The Bertz CT molecular complexity index is 200. The fraction of sp³-hybridized carbons (Fsp3) is 0.889. The molecule has 0 aromatic rings. The average Bonchev–Trinajstić information content (AvgIpc) is 2.30. The van der Waals surface area contributed by atoms with Crippen LogP contribution in [-0.2, 0) is 26.6 Å². The van der Waals surface area contributed by atoms with E-state index in [-0.39, 0.29) is 31.5 Å². The predicted molar refractivity (Wildman–Crippen MR) is 52.3 cm³/mol. The number of carbonyl (C=O) groups is 1. The molecule has 0 aliphatic heterocycles. The van der Waals surface area contributed by atoms with Crippen LogP contribution in [0.2, 0.25) is 0 Å². The number of amides is 1. The summed E-state index contributed by atoms with van der Waals surface area (Å²) in [7, 11) is 0. The van der Waals surface area contributed by atoms with Gasteiger partial charge in [0, 0.05) is 18.6 Å². The van der Waals surface area contributed by atoms with Crippen molar-refractivity contribution in [2.75, 3.05) is 19.8 Å². The minimum atomic E-state index is -1.23. The third-order valence-electron chi connectivity index (χ3n) is 2.03. The summed E-state index contributed by atoms with van der Waals surface area (Å²) < 4.78 is 8.38. The molecule has 0 fully saturated rings. The van der Waals surface area contributed by atoms with Crippen molar-refractivity contribution in [1.29, 1.82) is 0 Å². The molecule has 0 saturated heterocycles. The van der Waals surface area contributed by atoms with Gasteiger partial charge in [-0.05, 0) is 6.42 Å². The zero-order valence-electron chi connectivity index (χ0n) is 9.77. The molecule has 4 N–H and O–H groups in total. The molecular weight excluding hydrogens is 267 g/mol. The normalized spacial score (nSPS) is 12.4. The van der Waals surface area contributed by atoms with Gasteiger partial charge in [0.2, 0.25) is 5.91 Å². The molecule has 7 heteroatoms. The number of hydrogen-bond acceptors (Lipinski definition) is 5. The van der Waals surface area contributed by atoms with Gasteiger partial charge in [0.05, 0.1) is 6.61 Å². The molecule has 16 heavy (non-hydrogen) atoms. The van der Waals surface area contributed by atoms with Gasteiger partial charge in [-0.25, -0.2) is 0 Å². The molecule has 6 nitrogen and oxygen atoms in total. The van der Waals surface area contributed by atoms with Crippen LogP contribution in [0.4, 0.5) is 0 Å². The van der Waals surface area contributed by atoms with Gasteiger partial charge in [-0.3, -0.25) is 4.79 Å². The van der Waals surface area contributed by atoms with Crippen LogP contribution in [0, 0.1) is 5.41 Å². The standard InChI is InChI=1S/C9H19NO4.O.Zn/c1-9(2,6-12)7(13)8(14)10-4-3-5-11;;/h7,11-13H,3-6H2,1-2H3,(H,10,14);;. The predicted octanol–water partition coefficient (Wildman–Crippen LogP) is -1.26. The zero-order chi connectivity index (χ0) is 13.2. The van der Waals surface area contributed by atoms with E-state index in [1.165, 1.54) is 0 Å². The van der Waals surface area contributed by atoms with Crippen molar-refractivity contribution in [3.63, 3.8) is 0 Å². The second kappa shape index (κ2) is 9.96. The van der Waals surface area contributed by atoms with E-state index >= 15 is 0 Å². The van der Waals surface area contributed by atoms with E-state index in [2.05, 4.69) is 5.32 Å². The maximum atomic E-state index is 11.3. The number of aliphatic hydroxyl groups is 3. The summed E-state index contributed by atoms with van der Waals surface area (Å²) in [5, 5.41) is 29.3. The Kier molecular flexibility index (Phi) is 11.3. The third kappa shape index (κ3) is 7.11. The molecule has 1 amide bonds. The molecule has 0 spiro atoms. The van der Waals surface area contributed by atoms with Crippen molar-refractivity contribution >= 4 is 5.91 Å². The van der Waals surface area contributed by atoms with Gasteiger partial charge in [0.15, 0.2) is 0 Å². The second-order valence-corrected chi connectivity index (χ2v) is 3.92. The fourth-order valence-electron chi connectivity index (χ4n) is 0.829. The van der Waals surface area contributed by atoms with Gasteiger partial charge in [-0.1, -0.05) is 13.8 Å². The monoisotopic (exact) mass is 285 g/mol. The molecule has 0 heterocycles. The van der Waals surface area contributed by atoms with E-state index in [1.807, 2.05) is 0 Å². The van der Waals surface area contributed by atoms with E-state index in [4.69, 9.17) is 13.8 Å². The van der Waals surface area contributed by atoms with Crippen LogP contribution in [-0.4, -0.2) is 47.1 Å². The molecule has 0 bridgehead atoms. The number of carbonyl (C=O) groups excluding carboxylic acids is 1. The summed E-state index contributed by atoms with van der Waals surface area (Å²) in [5.74, 6) is -0.516. The minimum absolute atomic E-state index is 0.000230. The van der Waals surface area contributed by atoms with Crippen LogP contribution in [0.15, 0.2) is 0 Å². The molecule has 0 rings (SSSR count). The molecule has 1 unspecified atom stereocenters. The van der Waals surface area contributed by atoms with Gasteiger partial charge < -0.3 is 20.6 Å². The van der Waals surface area contributed by atoms with Crippen LogP contribution in [0.25, 0.3) is 0 Å². The molecule has 0 saturated carbocycles. The quantitative estimate of drug-likeness (QED) is 0.360. The van der Waals surface area contributed by atoms with E-state index in [0.717, 1.165) is 0 Å². The maximum absolute atomic E-state index is 11.3. The Morgan fingerprint density at radius 2 is 1.88 bits per heavy atom. The molecule has 0 aliphatic rings. The van der Waals surface area contributed by atoms with Crippen LogP contribution < -0.4 is 5.32 Å². The van der Waals surface area contributed by atoms with Crippen LogP contribution in [0.5, 0.6) is 0 Å². The average molecular weight is 287 g/mol. The van der Waals surface area contributed by atoms with Gasteiger partial charge in [-0.2, -0.15) is 0 Å². The molecular formula is C9H19NO5Zn. The van der Waals surface area contributed by atoms with Crippen molar-refractivity contribution in [3.05, 3.63) is 0 Å². The van der Waals surface area contributed by atoms with Crippen LogP contribution >= 0.6 is 0 Å². The summed E-state index contributed by atoms with van der Waals surface area (Å²) in [5.41, 5.74) is -0.844. The summed E-state index contributed by atoms with van der Waals surface area (Å²) in [6.45, 7) is 3.27. The topological polar surface area (TPSA) is 107 Å². The van der Waals surface area contributed by atoms with E-state index in [1.54, 1.807) is 13.8 Å². The van der Waals surface area contributed by atoms with Crippen molar-refractivity contribution in [1.82, 2.24) is 5.32 Å². The first-order chi connectivity index (χ1) is 7.45. The number of rotatable bonds is 6. The van der Waals surface area contributed by atoms with Crippen molar-refractivity contribution in [2.45, 2.75) is 26.4 Å². The van der Waals surface area contributed by atoms with Gasteiger partial charge in [-0.15, -0.1) is 0 Å². The summed E-state index contributed by atoms with van der Waals surface area (Å²) >= 11 is 0.125. The Hall–Kier alpha value is -0.227. The molecule has 0 aromatic heterocycles. The third-order valence-corrected chi connectivity index (χ3v) is 2.03. The first kappa shape index (κ1) is 18.1. The van der Waals surface area contributed by atoms with Crippen LogP contribution in [0.3, 0.4) is 0 Å². The number of nitrogens with one attached hydrogen (secondary N) is 1. The second-order valence-electron chi connectivity index (χ2n) is 3.92. The molecule has 0 aliphatic carbocycles. The van der Waals surface area contributed by atoms with E-state index in [0.29, 0.717) is 13.0 Å². The molecule has 92 valence electrons. The Morgan fingerprint density at radius 1 is 1.38 bits per heavy atom. The summed E-state index contributed by atoms with van der Waals surface area (Å²) in [6, 6.07) is 0. The van der Waals surface area contributed by atoms with Crippen molar-refractivity contribution in [2.24, 2.45) is 5.41 Å². The Labute approximate surface area is 105 Å². The first-order valence-electron chi connectivity index (χ1n) is 4.92. The van der Waals surface area contributed by atoms with E-state index < -0.39 is 17.4 Å². The fourth-order valence-corrected chi connectivity index (χ4v) is 0.829. The van der Waals surface area contributed by atoms with Gasteiger partial charge >= 0.3 is 21.8 Å². The zero-order valence-corrected chi connectivity index (χ0v) is 12.7. The van der Waals surface area contributed by atoms with Crippen molar-refractivity contribution < 1.29 is 41.9 Å². The Morgan fingerprint density at radius 3 is 2.25 bits per heavy atom. The van der Waals surface area contributed by atoms with E-state index in [9.17, 15) is 9.90 Å². The molecule has 0 radical (unpaired) electrons. The Balaban J connectivity index is 0. The van der Waals surface area contributed by atoms with Gasteiger partial charge in [0.1, 0.15) is 6.10 Å².